The van der Waals surface area contributed by atoms with E-state index in [0.29, 0.717) is 17.1 Å². The first-order valence-electron chi connectivity index (χ1n) is 10.4. The summed E-state index contributed by atoms with van der Waals surface area (Å²) in [6, 6.07) is -0.701. The van der Waals surface area contributed by atoms with E-state index in [2.05, 4.69) is 0 Å². The number of amides is 1. The lowest BCUT2D eigenvalue weighted by molar-refractivity contribution is -0.304. The number of carbonyl (C=O) groups is 2. The molecular weight excluding hydrogens is 428 g/mol. The highest BCUT2D eigenvalue weighted by Gasteiger charge is 2.45. The minimum Gasteiger partial charge on any atom is -0.480 e. The van der Waals surface area contributed by atoms with E-state index < -0.39 is 55.2 Å². The number of aliphatic hydroxyl groups is 3. The number of rotatable bonds is 13. The van der Waals surface area contributed by atoms with Gasteiger partial charge in [-0.25, -0.2) is 5.06 Å². The summed E-state index contributed by atoms with van der Waals surface area (Å²) >= 11 is 0. The van der Waals surface area contributed by atoms with Crippen LogP contribution in [-0.4, -0.2) is 125 Å². The third kappa shape index (κ3) is 8.37. The summed E-state index contributed by atoms with van der Waals surface area (Å²) in [6.07, 6.45) is -3.52. The Hall–Kier alpha value is -1.64. The highest BCUT2D eigenvalue weighted by Crippen LogP contribution is 2.24. The second-order valence-corrected chi connectivity index (χ2v) is 7.94. The van der Waals surface area contributed by atoms with Gasteiger partial charge >= 0.3 is 5.97 Å². The van der Waals surface area contributed by atoms with Gasteiger partial charge in [0, 0.05) is 19.7 Å². The number of hydroxylamine groups is 2. The molecule has 1 amide bonds. The standard InChI is InChI=1S/C20H36N2O10/c1-12(10-15(24)22(29)8-5-6-13(19(27)28)21(2)3)7-9-31-20-17(26)16(25)18(30-4)14(11-23)32-20/h10,13-14,16-18,20,23,25-26,29H,5-9,11H2,1-4H3,(H,27,28)/b12-10+/t13-,14+,16+,17-,18+,20+/m0/s1. The molecule has 32 heavy (non-hydrogen) atoms. The summed E-state index contributed by atoms with van der Waals surface area (Å²) in [6.45, 7) is 1.27. The van der Waals surface area contributed by atoms with E-state index in [0.717, 1.165) is 0 Å². The maximum atomic E-state index is 12.1. The molecular formula is C20H36N2O10. The molecule has 1 fully saturated rings. The van der Waals surface area contributed by atoms with Gasteiger partial charge in [-0.3, -0.25) is 19.7 Å². The summed E-state index contributed by atoms with van der Waals surface area (Å²) in [5, 5.41) is 49.1. The largest absolute Gasteiger partial charge is 0.480 e. The van der Waals surface area contributed by atoms with Gasteiger partial charge in [-0.2, -0.15) is 0 Å². The molecule has 0 unspecified atom stereocenters. The molecule has 0 bridgehead atoms. The van der Waals surface area contributed by atoms with Crippen molar-refractivity contribution in [1.29, 1.82) is 0 Å². The number of ether oxygens (including phenoxy) is 3. The molecule has 1 heterocycles. The molecule has 1 aliphatic heterocycles. The first-order valence-corrected chi connectivity index (χ1v) is 10.4. The predicted molar refractivity (Wildman–Crippen MR) is 111 cm³/mol. The Bertz CT molecular complexity index is 628. The number of aliphatic carboxylic acids is 1. The van der Waals surface area contributed by atoms with E-state index in [4.69, 9.17) is 19.3 Å². The average Bonchev–Trinajstić information content (AvgIpc) is 2.73. The van der Waals surface area contributed by atoms with Gasteiger partial charge in [0.15, 0.2) is 6.29 Å². The fourth-order valence-corrected chi connectivity index (χ4v) is 3.32. The molecule has 0 aromatic heterocycles. The third-order valence-electron chi connectivity index (χ3n) is 5.25. The lowest BCUT2D eigenvalue weighted by Crippen LogP contribution is -2.59. The van der Waals surface area contributed by atoms with E-state index in [-0.39, 0.29) is 26.0 Å². The molecule has 1 aliphatic rings. The van der Waals surface area contributed by atoms with E-state index >= 15 is 0 Å². The molecule has 5 N–H and O–H groups in total. The lowest BCUT2D eigenvalue weighted by atomic mass is 9.99. The van der Waals surface area contributed by atoms with Crippen molar-refractivity contribution in [3.8, 4) is 0 Å². The molecule has 0 saturated carbocycles. The van der Waals surface area contributed by atoms with Crippen LogP contribution in [0.2, 0.25) is 0 Å². The molecule has 0 aliphatic carbocycles. The second kappa shape index (κ2) is 13.8. The molecule has 1 rings (SSSR count). The summed E-state index contributed by atoms with van der Waals surface area (Å²) in [4.78, 5) is 24.8. The molecule has 0 aromatic carbocycles. The van der Waals surface area contributed by atoms with Gasteiger partial charge in [-0.15, -0.1) is 0 Å². The van der Waals surface area contributed by atoms with Crippen LogP contribution in [0.15, 0.2) is 11.6 Å². The number of methoxy groups -OCH3 is 1. The van der Waals surface area contributed by atoms with Gasteiger partial charge in [0.05, 0.1) is 13.2 Å². The van der Waals surface area contributed by atoms with Crippen LogP contribution in [0.4, 0.5) is 0 Å². The Balaban J connectivity index is 2.46. The van der Waals surface area contributed by atoms with Crippen molar-refractivity contribution in [3.05, 3.63) is 11.6 Å². The maximum Gasteiger partial charge on any atom is 0.320 e. The van der Waals surface area contributed by atoms with Crippen molar-refractivity contribution in [2.75, 3.05) is 41.0 Å². The molecule has 12 heteroatoms. The average molecular weight is 465 g/mol. The first-order chi connectivity index (χ1) is 15.0. The lowest BCUT2D eigenvalue weighted by Gasteiger charge is -2.41. The van der Waals surface area contributed by atoms with Crippen molar-refractivity contribution < 1.29 is 49.4 Å². The highest BCUT2D eigenvalue weighted by molar-refractivity contribution is 5.87. The molecule has 6 atom stereocenters. The van der Waals surface area contributed by atoms with Crippen LogP contribution < -0.4 is 0 Å². The van der Waals surface area contributed by atoms with Crippen LogP contribution in [0.5, 0.6) is 0 Å². The summed E-state index contributed by atoms with van der Waals surface area (Å²) in [7, 11) is 4.62. The second-order valence-electron chi connectivity index (χ2n) is 7.94. The molecule has 0 aromatic rings. The number of carbonyl (C=O) groups excluding carboxylic acids is 1. The van der Waals surface area contributed by atoms with Crippen molar-refractivity contribution in [2.45, 2.75) is 62.9 Å². The highest BCUT2D eigenvalue weighted by atomic mass is 16.7. The number of likely N-dealkylation sites (N-methyl/N-ethyl adjacent to an activating group) is 1. The van der Waals surface area contributed by atoms with Crippen molar-refractivity contribution in [3.63, 3.8) is 0 Å². The monoisotopic (exact) mass is 464 g/mol. The fourth-order valence-electron chi connectivity index (χ4n) is 3.32. The zero-order valence-corrected chi connectivity index (χ0v) is 19.0. The van der Waals surface area contributed by atoms with Crippen LogP contribution in [0, 0.1) is 0 Å². The Morgan fingerprint density at radius 1 is 1.22 bits per heavy atom. The number of carboxylic acids is 1. The van der Waals surface area contributed by atoms with Gasteiger partial charge in [0.25, 0.3) is 5.91 Å². The summed E-state index contributed by atoms with van der Waals surface area (Å²) in [5.41, 5.74) is 0.588. The Morgan fingerprint density at radius 2 is 1.88 bits per heavy atom. The van der Waals surface area contributed by atoms with E-state index in [1.807, 2.05) is 0 Å². The number of nitrogens with zero attached hydrogens (tertiary/aromatic N) is 2. The Labute approximate surface area is 187 Å². The number of hydrogen-bond donors (Lipinski definition) is 5. The third-order valence-corrected chi connectivity index (χ3v) is 5.25. The van der Waals surface area contributed by atoms with Gasteiger partial charge in [-0.1, -0.05) is 5.57 Å². The normalized spacial score (nSPS) is 27.4. The zero-order chi connectivity index (χ0) is 24.4. The van der Waals surface area contributed by atoms with E-state index in [1.165, 1.54) is 13.2 Å². The first kappa shape index (κ1) is 28.4. The van der Waals surface area contributed by atoms with Gasteiger partial charge in [0.2, 0.25) is 0 Å². The van der Waals surface area contributed by atoms with Crippen LogP contribution in [-0.2, 0) is 23.8 Å². The van der Waals surface area contributed by atoms with Crippen molar-refractivity contribution in [2.24, 2.45) is 0 Å². The van der Waals surface area contributed by atoms with Crippen LogP contribution in [0.1, 0.15) is 26.2 Å². The SMILES string of the molecule is CO[C@H]1[C@H](O)[C@H](O)[C@H](OCC/C(C)=C/C(=O)N(O)CCC[C@@H](C(=O)O)N(C)C)O[C@@H]1CO. The minimum absolute atomic E-state index is 0.0139. The van der Waals surface area contributed by atoms with Gasteiger partial charge < -0.3 is 34.6 Å². The molecule has 1 saturated heterocycles. The number of hydrogen-bond acceptors (Lipinski definition) is 10. The van der Waals surface area contributed by atoms with Crippen LogP contribution >= 0.6 is 0 Å². The molecule has 186 valence electrons. The van der Waals surface area contributed by atoms with Gasteiger partial charge in [0.1, 0.15) is 30.5 Å². The van der Waals surface area contributed by atoms with Crippen molar-refractivity contribution in [1.82, 2.24) is 9.96 Å². The summed E-state index contributed by atoms with van der Waals surface area (Å²) in [5.74, 6) is -1.61. The zero-order valence-electron chi connectivity index (χ0n) is 19.0. The number of aliphatic hydroxyl groups excluding tert-OH is 3. The minimum atomic E-state index is -1.38. The Morgan fingerprint density at radius 3 is 2.41 bits per heavy atom. The van der Waals surface area contributed by atoms with Gasteiger partial charge in [-0.05, 0) is 40.3 Å². The van der Waals surface area contributed by atoms with Crippen molar-refractivity contribution >= 4 is 11.9 Å². The van der Waals surface area contributed by atoms with E-state index in [9.17, 15) is 30.1 Å². The maximum absolute atomic E-state index is 12.1. The van der Waals surface area contributed by atoms with Crippen LogP contribution in [0.25, 0.3) is 0 Å². The number of carboxylic acid groups (broad SMARTS) is 1. The van der Waals surface area contributed by atoms with Crippen LogP contribution in [0.3, 0.4) is 0 Å². The topological polar surface area (TPSA) is 169 Å². The molecule has 12 nitrogen and oxygen atoms in total. The quantitative estimate of drug-likeness (QED) is 0.126. The fraction of sp³-hybridized carbons (Fsp3) is 0.800. The van der Waals surface area contributed by atoms with E-state index in [1.54, 1.807) is 25.9 Å². The summed E-state index contributed by atoms with van der Waals surface area (Å²) < 4.78 is 15.9. The molecule has 0 spiro atoms. The molecule has 0 radical (unpaired) electrons. The Kier molecular flexibility index (Phi) is 12.2. The smallest absolute Gasteiger partial charge is 0.320 e. The predicted octanol–water partition coefficient (Wildman–Crippen LogP) is -1.19.